The van der Waals surface area contributed by atoms with E-state index in [0.717, 1.165) is 11.4 Å². The summed E-state index contributed by atoms with van der Waals surface area (Å²) in [6.45, 7) is 0. The van der Waals surface area contributed by atoms with E-state index in [4.69, 9.17) is 0 Å². The minimum atomic E-state index is -0.410. The van der Waals surface area contributed by atoms with Crippen molar-refractivity contribution in [2.75, 3.05) is 0 Å². The number of aromatic nitrogens is 3. The summed E-state index contributed by atoms with van der Waals surface area (Å²) in [6.07, 6.45) is 5.81. The highest BCUT2D eigenvalue weighted by molar-refractivity contribution is 7.03. The molecule has 1 aliphatic rings. The zero-order valence-corrected chi connectivity index (χ0v) is 11.5. The lowest BCUT2D eigenvalue weighted by atomic mass is 10.1. The quantitative estimate of drug-likeness (QED) is 0.786. The molecular weight excluding hydrogens is 270 g/mol. The fraction of sp³-hybridized carbons (Fsp3) is 0.200. The van der Waals surface area contributed by atoms with Crippen LogP contribution in [0.5, 0.6) is 0 Å². The number of imidazole rings is 1. The summed E-state index contributed by atoms with van der Waals surface area (Å²) in [6, 6.07) is 8.15. The molecule has 5 heteroatoms. The Bertz CT molecular complexity index is 735. The maximum atomic E-state index is 10.4. The monoisotopic (exact) mass is 283 g/mol. The molecule has 20 heavy (non-hydrogen) atoms. The molecule has 0 bridgehead atoms. The fourth-order valence-corrected chi connectivity index (χ4v) is 3.48. The molecular formula is C15H13N3OS. The highest BCUT2D eigenvalue weighted by Gasteiger charge is 2.33. The highest BCUT2D eigenvalue weighted by atomic mass is 32.1. The van der Waals surface area contributed by atoms with Gasteiger partial charge in [-0.05, 0) is 22.7 Å². The van der Waals surface area contributed by atoms with Gasteiger partial charge in [0.25, 0.3) is 0 Å². The summed E-state index contributed by atoms with van der Waals surface area (Å²) in [4.78, 5) is 4.43. The molecule has 3 aromatic rings. The summed E-state index contributed by atoms with van der Waals surface area (Å²) < 4.78 is 6.19. The molecule has 0 saturated heterocycles. The summed E-state index contributed by atoms with van der Waals surface area (Å²) in [5.41, 5.74) is 3.40. The first kappa shape index (κ1) is 11.8. The van der Waals surface area contributed by atoms with E-state index >= 15 is 0 Å². The van der Waals surface area contributed by atoms with Gasteiger partial charge in [0.15, 0.2) is 0 Å². The highest BCUT2D eigenvalue weighted by Crippen LogP contribution is 2.36. The number of aliphatic hydroxyl groups excluding tert-OH is 1. The van der Waals surface area contributed by atoms with Crippen LogP contribution in [0.4, 0.5) is 0 Å². The zero-order valence-electron chi connectivity index (χ0n) is 10.7. The van der Waals surface area contributed by atoms with Crippen molar-refractivity contribution in [3.05, 3.63) is 59.4 Å². The van der Waals surface area contributed by atoms with Crippen molar-refractivity contribution in [3.8, 4) is 11.4 Å². The molecule has 4 nitrogen and oxygen atoms in total. The van der Waals surface area contributed by atoms with Crippen LogP contribution in [0.25, 0.3) is 11.4 Å². The van der Waals surface area contributed by atoms with Crippen LogP contribution >= 0.6 is 11.5 Å². The Morgan fingerprint density at radius 1 is 1.30 bits per heavy atom. The normalized spacial score (nSPS) is 21.1. The van der Waals surface area contributed by atoms with Crippen LogP contribution in [0.15, 0.2) is 48.2 Å². The Morgan fingerprint density at radius 3 is 3.05 bits per heavy atom. The van der Waals surface area contributed by atoms with E-state index in [-0.39, 0.29) is 6.04 Å². The van der Waals surface area contributed by atoms with E-state index in [1.807, 2.05) is 29.9 Å². The Kier molecular flexibility index (Phi) is 2.68. The fourth-order valence-electron chi connectivity index (χ4n) is 2.96. The van der Waals surface area contributed by atoms with Gasteiger partial charge in [-0.2, -0.15) is 0 Å². The molecule has 0 amide bonds. The van der Waals surface area contributed by atoms with Gasteiger partial charge < -0.3 is 9.67 Å². The zero-order chi connectivity index (χ0) is 13.5. The average molecular weight is 283 g/mol. The molecule has 0 saturated carbocycles. The summed E-state index contributed by atoms with van der Waals surface area (Å²) in [5, 5.41) is 12.4. The third kappa shape index (κ3) is 1.71. The van der Waals surface area contributed by atoms with Gasteiger partial charge in [-0.1, -0.05) is 24.3 Å². The standard InChI is InChI=1S/C15H13N3OS/c19-13-7-10-3-1-2-4-12(10)14(13)18-6-5-16-15(18)11-8-17-20-9-11/h1-6,8-9,13-14,19H,7H2/t13-,14+/m0/s1. The SMILES string of the molecule is O[C@H]1Cc2ccccc2[C@H]1n1ccnc1-c1cnsc1. The molecule has 4 rings (SSSR count). The molecule has 0 aliphatic heterocycles. The lowest BCUT2D eigenvalue weighted by Crippen LogP contribution is -2.21. The van der Waals surface area contributed by atoms with E-state index in [0.29, 0.717) is 6.42 Å². The van der Waals surface area contributed by atoms with Crippen LogP contribution in [0.2, 0.25) is 0 Å². The average Bonchev–Trinajstić information content (AvgIpc) is 3.16. The van der Waals surface area contributed by atoms with Crippen molar-refractivity contribution >= 4 is 11.5 Å². The van der Waals surface area contributed by atoms with Crippen molar-refractivity contribution in [2.45, 2.75) is 18.6 Å². The minimum Gasteiger partial charge on any atom is -0.390 e. The van der Waals surface area contributed by atoms with Crippen molar-refractivity contribution in [1.82, 2.24) is 13.9 Å². The van der Waals surface area contributed by atoms with E-state index in [2.05, 4.69) is 26.1 Å². The molecule has 2 heterocycles. The van der Waals surface area contributed by atoms with Crippen molar-refractivity contribution in [2.24, 2.45) is 0 Å². The van der Waals surface area contributed by atoms with Gasteiger partial charge >= 0.3 is 0 Å². The van der Waals surface area contributed by atoms with Crippen LogP contribution in [-0.2, 0) is 6.42 Å². The number of hydrogen-bond donors (Lipinski definition) is 1. The van der Waals surface area contributed by atoms with Crippen LogP contribution in [0, 0.1) is 0 Å². The molecule has 100 valence electrons. The van der Waals surface area contributed by atoms with Gasteiger partial charge in [-0.15, -0.1) is 0 Å². The number of nitrogens with zero attached hydrogens (tertiary/aromatic N) is 3. The second kappa shape index (κ2) is 4.54. The predicted octanol–water partition coefficient (Wildman–Crippen LogP) is 2.51. The predicted molar refractivity (Wildman–Crippen MR) is 77.6 cm³/mol. The second-order valence-corrected chi connectivity index (χ2v) is 5.64. The Hall–Kier alpha value is -1.98. The number of aliphatic hydroxyl groups is 1. The summed E-state index contributed by atoms with van der Waals surface area (Å²) in [5.74, 6) is 0.861. The Morgan fingerprint density at radius 2 is 2.20 bits per heavy atom. The minimum absolute atomic E-state index is 0.0661. The third-order valence-corrected chi connectivity index (χ3v) is 4.41. The Balaban J connectivity index is 1.85. The van der Waals surface area contributed by atoms with Crippen LogP contribution < -0.4 is 0 Å². The van der Waals surface area contributed by atoms with Crippen molar-refractivity contribution < 1.29 is 5.11 Å². The first-order valence-corrected chi connectivity index (χ1v) is 7.36. The molecule has 2 atom stereocenters. The smallest absolute Gasteiger partial charge is 0.143 e. The molecule has 0 fully saturated rings. The molecule has 1 aliphatic carbocycles. The third-order valence-electron chi connectivity index (χ3n) is 3.83. The van der Waals surface area contributed by atoms with Gasteiger partial charge in [0, 0.05) is 29.8 Å². The van der Waals surface area contributed by atoms with E-state index in [1.165, 1.54) is 22.7 Å². The summed E-state index contributed by atoms with van der Waals surface area (Å²) in [7, 11) is 0. The molecule has 1 N–H and O–H groups in total. The van der Waals surface area contributed by atoms with Crippen molar-refractivity contribution in [1.29, 1.82) is 0 Å². The lowest BCUT2D eigenvalue weighted by molar-refractivity contribution is 0.145. The van der Waals surface area contributed by atoms with Gasteiger partial charge in [0.2, 0.25) is 0 Å². The van der Waals surface area contributed by atoms with Gasteiger partial charge in [-0.3, -0.25) is 0 Å². The molecule has 0 radical (unpaired) electrons. The van der Waals surface area contributed by atoms with Crippen LogP contribution in [0.1, 0.15) is 17.2 Å². The van der Waals surface area contributed by atoms with Crippen molar-refractivity contribution in [3.63, 3.8) is 0 Å². The molecule has 1 aromatic carbocycles. The maximum Gasteiger partial charge on any atom is 0.143 e. The van der Waals surface area contributed by atoms with E-state index < -0.39 is 6.10 Å². The van der Waals surface area contributed by atoms with Crippen LogP contribution in [0.3, 0.4) is 0 Å². The van der Waals surface area contributed by atoms with Crippen LogP contribution in [-0.4, -0.2) is 25.1 Å². The summed E-state index contributed by atoms with van der Waals surface area (Å²) >= 11 is 1.41. The maximum absolute atomic E-state index is 10.4. The second-order valence-electron chi connectivity index (χ2n) is 4.99. The lowest BCUT2D eigenvalue weighted by Gasteiger charge is -2.20. The first-order chi connectivity index (χ1) is 9.84. The van der Waals surface area contributed by atoms with Gasteiger partial charge in [-0.25, -0.2) is 9.36 Å². The molecule has 0 unspecified atom stereocenters. The number of fused-ring (bicyclic) bond motifs is 1. The number of rotatable bonds is 2. The topological polar surface area (TPSA) is 50.9 Å². The number of hydrogen-bond acceptors (Lipinski definition) is 4. The molecule has 0 spiro atoms. The number of benzene rings is 1. The largest absolute Gasteiger partial charge is 0.390 e. The van der Waals surface area contributed by atoms with Gasteiger partial charge in [0.1, 0.15) is 5.82 Å². The molecule has 2 aromatic heterocycles. The van der Waals surface area contributed by atoms with Gasteiger partial charge in [0.05, 0.1) is 18.3 Å². The Labute approximate surface area is 120 Å². The van der Waals surface area contributed by atoms with E-state index in [9.17, 15) is 5.11 Å². The first-order valence-electron chi connectivity index (χ1n) is 6.53. The van der Waals surface area contributed by atoms with E-state index in [1.54, 1.807) is 6.20 Å².